The lowest BCUT2D eigenvalue weighted by Crippen LogP contribution is -2.55. The molecule has 3 aliphatic rings. The Morgan fingerprint density at radius 1 is 1.02 bits per heavy atom. The Hall–Kier alpha value is -4.82. The molecule has 1 saturated heterocycles. The van der Waals surface area contributed by atoms with Crippen molar-refractivity contribution in [1.82, 2.24) is 24.7 Å². The summed E-state index contributed by atoms with van der Waals surface area (Å²) in [5.74, 6) is 1.36. The minimum atomic E-state index is -1.05. The van der Waals surface area contributed by atoms with E-state index in [0.29, 0.717) is 48.9 Å². The molecular weight excluding hydrogens is 556 g/mol. The standard InChI is InChI=1S/C33H34N8O3/c1-21-7-14-36-24(19-21)38-28(42)23-5-3-22(4-6-23)25-26-27(34)37-15-16-41(26)29(39-25)31-8-10-32(20-31,11-9-31)40-30(43)33(35-2)12-17-44-18-13-33/h3-7,14-16,19H,8-13,17-18,20H2,1H3,(H2,34,37)(H,40,43)(H,36,38,42). The highest BCUT2D eigenvalue weighted by Crippen LogP contribution is 2.58. The van der Waals surface area contributed by atoms with Crippen LogP contribution in [0.3, 0.4) is 0 Å². The maximum Gasteiger partial charge on any atom is 0.313 e. The number of fused-ring (bicyclic) bond motifs is 3. The van der Waals surface area contributed by atoms with Crippen molar-refractivity contribution < 1.29 is 14.3 Å². The lowest BCUT2D eigenvalue weighted by molar-refractivity contribution is -0.129. The number of hydrogen-bond acceptors (Lipinski definition) is 7. The lowest BCUT2D eigenvalue weighted by Gasteiger charge is -2.32. The van der Waals surface area contributed by atoms with Crippen molar-refractivity contribution in [3.63, 3.8) is 0 Å². The fraction of sp³-hybridized carbons (Fsp3) is 0.394. The molecule has 0 unspecified atom stereocenters. The summed E-state index contributed by atoms with van der Waals surface area (Å²) in [5.41, 5.74) is 8.55. The van der Waals surface area contributed by atoms with Gasteiger partial charge in [-0.2, -0.15) is 0 Å². The van der Waals surface area contributed by atoms with E-state index in [1.807, 2.05) is 41.8 Å². The summed E-state index contributed by atoms with van der Waals surface area (Å²) in [7, 11) is 0. The number of aromatic nitrogens is 4. The van der Waals surface area contributed by atoms with Crippen LogP contribution in [0, 0.1) is 13.5 Å². The normalized spacial score (nSPS) is 23.7. The minimum Gasteiger partial charge on any atom is -0.382 e. The Bertz CT molecular complexity index is 1810. The van der Waals surface area contributed by atoms with Crippen molar-refractivity contribution >= 4 is 29.0 Å². The number of ether oxygens (including phenoxy) is 1. The maximum atomic E-state index is 13.5. The van der Waals surface area contributed by atoms with Crippen molar-refractivity contribution in [3.05, 3.63) is 83.4 Å². The largest absolute Gasteiger partial charge is 0.382 e. The predicted octanol–water partition coefficient (Wildman–Crippen LogP) is 4.47. The van der Waals surface area contributed by atoms with Crippen LogP contribution in [-0.4, -0.2) is 55.5 Å². The van der Waals surface area contributed by atoms with E-state index in [0.717, 1.165) is 54.6 Å². The van der Waals surface area contributed by atoms with E-state index in [4.69, 9.17) is 22.0 Å². The van der Waals surface area contributed by atoms with Crippen molar-refractivity contribution in [1.29, 1.82) is 0 Å². The Morgan fingerprint density at radius 2 is 1.77 bits per heavy atom. The van der Waals surface area contributed by atoms with E-state index in [9.17, 15) is 9.59 Å². The Labute approximate surface area is 255 Å². The van der Waals surface area contributed by atoms with Gasteiger partial charge >= 0.3 is 11.4 Å². The molecule has 2 amide bonds. The number of aryl methyl sites for hydroxylation is 1. The van der Waals surface area contributed by atoms with Crippen LogP contribution in [0.2, 0.25) is 0 Å². The number of amides is 2. The third kappa shape index (κ3) is 4.57. The molecule has 4 aromatic rings. The summed E-state index contributed by atoms with van der Waals surface area (Å²) in [6, 6.07) is 11.0. The van der Waals surface area contributed by atoms with Gasteiger partial charge in [0, 0.05) is 40.7 Å². The molecule has 11 heteroatoms. The fourth-order valence-electron chi connectivity index (χ4n) is 7.35. The Balaban J connectivity index is 1.17. The molecule has 4 N–H and O–H groups in total. The minimum absolute atomic E-state index is 0.169. The highest BCUT2D eigenvalue weighted by atomic mass is 16.5. The van der Waals surface area contributed by atoms with E-state index in [1.165, 1.54) is 0 Å². The number of imidazole rings is 1. The van der Waals surface area contributed by atoms with Gasteiger partial charge in [-0.1, -0.05) is 12.1 Å². The first kappa shape index (κ1) is 28.0. The van der Waals surface area contributed by atoms with Gasteiger partial charge < -0.3 is 21.1 Å². The van der Waals surface area contributed by atoms with Crippen molar-refractivity contribution in [2.45, 2.75) is 68.4 Å². The summed E-state index contributed by atoms with van der Waals surface area (Å²) in [5, 5.41) is 6.20. The van der Waals surface area contributed by atoms with Crippen LogP contribution in [0.5, 0.6) is 0 Å². The van der Waals surface area contributed by atoms with E-state index in [2.05, 4.69) is 25.4 Å². The van der Waals surface area contributed by atoms with E-state index in [1.54, 1.807) is 24.5 Å². The lowest BCUT2D eigenvalue weighted by atomic mass is 9.83. The Morgan fingerprint density at radius 3 is 2.48 bits per heavy atom. The van der Waals surface area contributed by atoms with Crippen molar-refractivity contribution in [3.8, 4) is 11.3 Å². The number of anilines is 2. The number of carbonyl (C=O) groups excluding carboxylic acids is 2. The summed E-state index contributed by atoms with van der Waals surface area (Å²) >= 11 is 0. The zero-order valence-electron chi connectivity index (χ0n) is 24.6. The van der Waals surface area contributed by atoms with E-state index >= 15 is 0 Å². The molecule has 11 nitrogen and oxygen atoms in total. The zero-order valence-corrected chi connectivity index (χ0v) is 24.6. The molecule has 3 aromatic heterocycles. The van der Waals surface area contributed by atoms with Gasteiger partial charge in [-0.15, -0.1) is 0 Å². The highest BCUT2D eigenvalue weighted by molar-refractivity contribution is 6.04. The predicted molar refractivity (Wildman–Crippen MR) is 165 cm³/mol. The molecule has 4 heterocycles. The van der Waals surface area contributed by atoms with Crippen LogP contribution >= 0.6 is 0 Å². The Kier molecular flexibility index (Phi) is 6.62. The van der Waals surface area contributed by atoms with Crippen LogP contribution in [-0.2, 0) is 14.9 Å². The van der Waals surface area contributed by atoms with Gasteiger partial charge in [0.2, 0.25) is 0 Å². The van der Waals surface area contributed by atoms with E-state index in [-0.39, 0.29) is 22.8 Å². The van der Waals surface area contributed by atoms with Crippen LogP contribution in [0.4, 0.5) is 11.6 Å². The summed E-state index contributed by atoms with van der Waals surface area (Å²) < 4.78 is 7.49. The quantitative estimate of drug-likeness (QED) is 0.281. The number of nitrogen functional groups attached to an aromatic ring is 1. The van der Waals surface area contributed by atoms with Gasteiger partial charge in [0.05, 0.1) is 26.1 Å². The second-order valence-electron chi connectivity index (χ2n) is 12.5. The first-order chi connectivity index (χ1) is 21.3. The smallest absolute Gasteiger partial charge is 0.313 e. The molecule has 1 aliphatic heterocycles. The molecule has 0 spiro atoms. The number of pyridine rings is 1. The van der Waals surface area contributed by atoms with E-state index < -0.39 is 5.54 Å². The number of nitrogens with zero attached hydrogens (tertiary/aromatic N) is 5. The average molecular weight is 591 g/mol. The van der Waals surface area contributed by atoms with Crippen LogP contribution in [0.25, 0.3) is 21.6 Å². The number of hydrogen-bond donors (Lipinski definition) is 3. The fourth-order valence-corrected chi connectivity index (χ4v) is 7.35. The third-order valence-corrected chi connectivity index (χ3v) is 9.81. The van der Waals surface area contributed by atoms with Gasteiger partial charge in [0.15, 0.2) is 0 Å². The third-order valence-electron chi connectivity index (χ3n) is 9.81. The maximum absolute atomic E-state index is 13.5. The zero-order chi connectivity index (χ0) is 30.5. The van der Waals surface area contributed by atoms with Gasteiger partial charge in [-0.3, -0.25) is 18.8 Å². The monoisotopic (exact) mass is 590 g/mol. The van der Waals surface area contributed by atoms with Crippen LogP contribution in [0.15, 0.2) is 55.0 Å². The second-order valence-corrected chi connectivity index (χ2v) is 12.5. The molecule has 44 heavy (non-hydrogen) atoms. The summed E-state index contributed by atoms with van der Waals surface area (Å²) in [6.45, 7) is 10.6. The van der Waals surface area contributed by atoms with Crippen LogP contribution in [0.1, 0.15) is 66.7 Å². The van der Waals surface area contributed by atoms with Gasteiger partial charge in [0.25, 0.3) is 5.91 Å². The first-order valence-corrected chi connectivity index (χ1v) is 15.0. The molecule has 3 fully saturated rings. The number of nitrogens with two attached hydrogens (primary N) is 1. The molecule has 2 bridgehead atoms. The SMILES string of the molecule is [C-]#[N+]C1(C(=O)NC23CCC(c4nc(-c5ccc(C(=O)Nc6cc(C)ccn6)cc5)c5c(N)nccn45)(CC2)C3)CCOCC1. The molecule has 2 aliphatic carbocycles. The average Bonchev–Trinajstić information content (AvgIpc) is 3.73. The van der Waals surface area contributed by atoms with Crippen LogP contribution < -0.4 is 16.4 Å². The molecular formula is C33H34N8O3. The van der Waals surface area contributed by atoms with Crippen molar-refractivity contribution in [2.24, 2.45) is 0 Å². The topological polar surface area (TPSA) is 141 Å². The number of benzene rings is 1. The molecule has 0 radical (unpaired) electrons. The molecule has 0 atom stereocenters. The first-order valence-electron chi connectivity index (χ1n) is 15.0. The number of carbonyl (C=O) groups is 2. The van der Waals surface area contributed by atoms with Crippen molar-refractivity contribution in [2.75, 3.05) is 24.3 Å². The molecule has 224 valence electrons. The number of nitrogens with one attached hydrogen (secondary N) is 2. The molecule has 2 saturated carbocycles. The van der Waals surface area contributed by atoms with Gasteiger partial charge in [-0.05, 0) is 68.9 Å². The number of rotatable bonds is 6. The van der Waals surface area contributed by atoms with Gasteiger partial charge in [0.1, 0.15) is 28.7 Å². The molecule has 7 rings (SSSR count). The van der Waals surface area contributed by atoms with Gasteiger partial charge in [-0.25, -0.2) is 21.5 Å². The summed E-state index contributed by atoms with van der Waals surface area (Å²) in [4.78, 5) is 44.0. The second kappa shape index (κ2) is 10.4. The molecule has 1 aromatic carbocycles. The highest BCUT2D eigenvalue weighted by Gasteiger charge is 2.59. The summed E-state index contributed by atoms with van der Waals surface area (Å²) in [6.07, 6.45) is 10.2.